The Balaban J connectivity index is 1.67. The van der Waals surface area contributed by atoms with Gasteiger partial charge in [0.15, 0.2) is 0 Å². The molecule has 126 valence electrons. The highest BCUT2D eigenvalue weighted by Crippen LogP contribution is 2.24. The largest absolute Gasteiger partial charge is 0.508 e. The van der Waals surface area contributed by atoms with Crippen LogP contribution in [0.15, 0.2) is 66.7 Å². The molecular formula is C20H14Cl2O3. The van der Waals surface area contributed by atoms with E-state index in [-0.39, 0.29) is 12.4 Å². The fraction of sp³-hybridized carbons (Fsp3) is 0.0500. The number of carbonyl (C=O) groups excluding carboxylic acids is 1. The number of benzene rings is 3. The van der Waals surface area contributed by atoms with Gasteiger partial charge in [0.2, 0.25) is 0 Å². The molecule has 0 bridgehead atoms. The van der Waals surface area contributed by atoms with Gasteiger partial charge in [0.25, 0.3) is 0 Å². The average Bonchev–Trinajstić information content (AvgIpc) is 2.61. The Morgan fingerprint density at radius 2 is 1.48 bits per heavy atom. The first-order chi connectivity index (χ1) is 12.0. The summed E-state index contributed by atoms with van der Waals surface area (Å²) in [6.45, 7) is 0.0779. The first-order valence-corrected chi connectivity index (χ1v) is 8.29. The van der Waals surface area contributed by atoms with Crippen molar-refractivity contribution in [3.63, 3.8) is 0 Å². The van der Waals surface area contributed by atoms with E-state index in [2.05, 4.69) is 0 Å². The minimum absolute atomic E-state index is 0.0779. The summed E-state index contributed by atoms with van der Waals surface area (Å²) in [4.78, 5) is 12.2. The molecule has 0 fully saturated rings. The van der Waals surface area contributed by atoms with E-state index in [4.69, 9.17) is 27.9 Å². The number of rotatable bonds is 4. The molecule has 0 aromatic heterocycles. The van der Waals surface area contributed by atoms with Gasteiger partial charge in [-0.1, -0.05) is 53.5 Å². The van der Waals surface area contributed by atoms with Crippen LogP contribution in [0.25, 0.3) is 11.1 Å². The Bertz CT molecular complexity index is 888. The van der Waals surface area contributed by atoms with Crippen molar-refractivity contribution in [2.45, 2.75) is 6.61 Å². The topological polar surface area (TPSA) is 46.5 Å². The third-order valence-corrected chi connectivity index (χ3v) is 4.28. The minimum Gasteiger partial charge on any atom is -0.508 e. The quantitative estimate of drug-likeness (QED) is 0.595. The van der Waals surface area contributed by atoms with Crippen molar-refractivity contribution in [1.82, 2.24) is 0 Å². The highest BCUT2D eigenvalue weighted by Gasteiger charge is 2.09. The Morgan fingerprint density at radius 3 is 2.08 bits per heavy atom. The third-order valence-electron chi connectivity index (χ3n) is 3.70. The predicted octanol–water partition coefficient (Wildman–Crippen LogP) is 5.72. The van der Waals surface area contributed by atoms with Gasteiger partial charge >= 0.3 is 5.97 Å². The van der Waals surface area contributed by atoms with Crippen molar-refractivity contribution in [3.8, 4) is 16.9 Å². The van der Waals surface area contributed by atoms with Gasteiger partial charge in [0.1, 0.15) is 12.4 Å². The third kappa shape index (κ3) is 4.32. The lowest BCUT2D eigenvalue weighted by atomic mass is 10.0. The summed E-state index contributed by atoms with van der Waals surface area (Å²) >= 11 is 11.9. The van der Waals surface area contributed by atoms with Crippen LogP contribution in [0.1, 0.15) is 15.9 Å². The van der Waals surface area contributed by atoms with E-state index in [0.29, 0.717) is 21.2 Å². The van der Waals surface area contributed by atoms with Gasteiger partial charge in [-0.15, -0.1) is 0 Å². The molecule has 25 heavy (non-hydrogen) atoms. The van der Waals surface area contributed by atoms with Gasteiger partial charge in [-0.2, -0.15) is 0 Å². The van der Waals surface area contributed by atoms with Crippen molar-refractivity contribution >= 4 is 29.2 Å². The van der Waals surface area contributed by atoms with Gasteiger partial charge in [0.05, 0.1) is 5.56 Å². The van der Waals surface area contributed by atoms with Crippen LogP contribution in [-0.4, -0.2) is 11.1 Å². The molecule has 0 unspecified atom stereocenters. The van der Waals surface area contributed by atoms with Crippen LogP contribution in [-0.2, 0) is 11.3 Å². The van der Waals surface area contributed by atoms with E-state index < -0.39 is 5.97 Å². The van der Waals surface area contributed by atoms with Crippen molar-refractivity contribution in [1.29, 1.82) is 0 Å². The number of halogens is 2. The van der Waals surface area contributed by atoms with Crippen molar-refractivity contribution in [2.75, 3.05) is 0 Å². The molecule has 0 saturated heterocycles. The Kier molecular flexibility index (Phi) is 5.27. The standard InChI is InChI=1S/C20H14Cl2O3/c21-17-8-5-16(19(22)11-17)12-25-20(24)15-3-1-13(2-4-15)14-6-9-18(23)10-7-14/h1-11,23H,12H2. The monoisotopic (exact) mass is 372 g/mol. The van der Waals surface area contributed by atoms with Crippen molar-refractivity contribution < 1.29 is 14.6 Å². The molecule has 0 atom stereocenters. The first-order valence-electron chi connectivity index (χ1n) is 7.53. The van der Waals surface area contributed by atoms with Crippen LogP contribution in [0.4, 0.5) is 0 Å². The fourth-order valence-corrected chi connectivity index (χ4v) is 2.78. The number of carbonyl (C=O) groups is 1. The zero-order valence-electron chi connectivity index (χ0n) is 13.1. The maximum Gasteiger partial charge on any atom is 0.338 e. The second-order valence-corrected chi connectivity index (χ2v) is 6.28. The molecule has 5 heteroatoms. The summed E-state index contributed by atoms with van der Waals surface area (Å²) in [5.74, 6) is -0.215. The minimum atomic E-state index is -0.428. The number of aromatic hydroxyl groups is 1. The number of phenolic OH excluding ortho intramolecular Hbond substituents is 1. The second kappa shape index (κ2) is 7.60. The fourth-order valence-electron chi connectivity index (χ4n) is 2.32. The lowest BCUT2D eigenvalue weighted by Crippen LogP contribution is -2.05. The Hall–Kier alpha value is -2.49. The summed E-state index contributed by atoms with van der Waals surface area (Å²) in [7, 11) is 0. The molecule has 0 aliphatic rings. The normalized spacial score (nSPS) is 10.5. The molecule has 0 aliphatic carbocycles. The number of phenols is 1. The zero-order chi connectivity index (χ0) is 17.8. The van der Waals surface area contributed by atoms with Gasteiger partial charge in [-0.25, -0.2) is 4.79 Å². The summed E-state index contributed by atoms with van der Waals surface area (Å²) in [5.41, 5.74) is 3.04. The maximum absolute atomic E-state index is 12.2. The number of esters is 1. The highest BCUT2D eigenvalue weighted by molar-refractivity contribution is 6.35. The van der Waals surface area contributed by atoms with Gasteiger partial charge in [-0.05, 0) is 47.5 Å². The molecule has 3 nitrogen and oxygen atoms in total. The van der Waals surface area contributed by atoms with Crippen LogP contribution in [0.5, 0.6) is 5.75 Å². The molecule has 0 saturated carbocycles. The van der Waals surface area contributed by atoms with Gasteiger partial charge in [0, 0.05) is 15.6 Å². The molecule has 0 radical (unpaired) electrons. The van der Waals surface area contributed by atoms with Crippen LogP contribution in [0.2, 0.25) is 10.0 Å². The van der Waals surface area contributed by atoms with E-state index in [1.807, 2.05) is 24.3 Å². The highest BCUT2D eigenvalue weighted by atomic mass is 35.5. The number of hydrogen-bond donors (Lipinski definition) is 1. The lowest BCUT2D eigenvalue weighted by molar-refractivity contribution is 0.0473. The molecule has 0 amide bonds. The second-order valence-electron chi connectivity index (χ2n) is 5.44. The van der Waals surface area contributed by atoms with E-state index in [9.17, 15) is 9.90 Å². The van der Waals surface area contributed by atoms with Crippen molar-refractivity contribution in [3.05, 3.63) is 87.9 Å². The molecule has 0 spiro atoms. The maximum atomic E-state index is 12.2. The van der Waals surface area contributed by atoms with Crippen LogP contribution in [0, 0.1) is 0 Å². The van der Waals surface area contributed by atoms with E-state index in [1.54, 1.807) is 42.5 Å². The summed E-state index contributed by atoms with van der Waals surface area (Å²) in [5, 5.41) is 10.3. The molecule has 0 aliphatic heterocycles. The molecule has 1 N–H and O–H groups in total. The zero-order valence-corrected chi connectivity index (χ0v) is 14.6. The van der Waals surface area contributed by atoms with Crippen LogP contribution in [0.3, 0.4) is 0 Å². The molecule has 3 aromatic carbocycles. The molecule has 3 rings (SSSR count). The smallest absolute Gasteiger partial charge is 0.338 e. The summed E-state index contributed by atoms with van der Waals surface area (Å²) in [6, 6.07) is 19.0. The van der Waals surface area contributed by atoms with Gasteiger partial charge in [-0.3, -0.25) is 0 Å². The summed E-state index contributed by atoms with van der Waals surface area (Å²) in [6.07, 6.45) is 0. The SMILES string of the molecule is O=C(OCc1ccc(Cl)cc1Cl)c1ccc(-c2ccc(O)cc2)cc1. The number of hydrogen-bond acceptors (Lipinski definition) is 3. The Morgan fingerprint density at radius 1 is 0.880 bits per heavy atom. The Labute approximate surface area is 155 Å². The van der Waals surface area contributed by atoms with Crippen molar-refractivity contribution in [2.24, 2.45) is 0 Å². The average molecular weight is 373 g/mol. The van der Waals surface area contributed by atoms with E-state index in [0.717, 1.165) is 11.1 Å². The molecular weight excluding hydrogens is 359 g/mol. The molecule has 3 aromatic rings. The summed E-state index contributed by atoms with van der Waals surface area (Å²) < 4.78 is 5.30. The van der Waals surface area contributed by atoms with E-state index in [1.165, 1.54) is 0 Å². The van der Waals surface area contributed by atoms with Gasteiger partial charge < -0.3 is 9.84 Å². The molecule has 0 heterocycles. The number of ether oxygens (including phenoxy) is 1. The van der Waals surface area contributed by atoms with Crippen LogP contribution < -0.4 is 0 Å². The predicted molar refractivity (Wildman–Crippen MR) is 99.1 cm³/mol. The van der Waals surface area contributed by atoms with E-state index >= 15 is 0 Å². The lowest BCUT2D eigenvalue weighted by Gasteiger charge is -2.08. The first kappa shape index (κ1) is 17.3. The van der Waals surface area contributed by atoms with Crippen LogP contribution >= 0.6 is 23.2 Å².